The predicted octanol–water partition coefficient (Wildman–Crippen LogP) is 2.47. The molecule has 1 aliphatic heterocycles. The van der Waals surface area contributed by atoms with E-state index < -0.39 is 28.5 Å². The molecule has 2 rings (SSSR count). The van der Waals surface area contributed by atoms with Gasteiger partial charge in [-0.15, -0.1) is 0 Å². The molecule has 0 saturated carbocycles. The molecule has 9 heteroatoms. The predicted molar refractivity (Wildman–Crippen MR) is 82.9 cm³/mol. The van der Waals surface area contributed by atoms with E-state index in [9.17, 15) is 26.6 Å². The van der Waals surface area contributed by atoms with Gasteiger partial charge in [-0.1, -0.05) is 0 Å². The largest absolute Gasteiger partial charge is 0.400 e. The highest BCUT2D eigenvalue weighted by Gasteiger charge is 2.32. The van der Waals surface area contributed by atoms with E-state index in [1.807, 2.05) is 0 Å². The standard InChI is InChI=1S/C15H18F4N2O2S/c1-10-7-12(16)13(8-14(10)24(23)9-15(17,18)19)21-5-3-20(4-6-21)11(2)22/h7-8H,3-6,9H2,1-2H3. The van der Waals surface area contributed by atoms with E-state index in [1.165, 1.54) is 19.9 Å². The smallest absolute Gasteiger partial charge is 0.366 e. The van der Waals surface area contributed by atoms with Crippen molar-refractivity contribution in [2.24, 2.45) is 0 Å². The van der Waals surface area contributed by atoms with Crippen molar-refractivity contribution in [3.05, 3.63) is 23.5 Å². The second kappa shape index (κ2) is 7.08. The summed E-state index contributed by atoms with van der Waals surface area (Å²) >= 11 is 0. The summed E-state index contributed by atoms with van der Waals surface area (Å²) in [6.07, 6.45) is -4.56. The van der Waals surface area contributed by atoms with Gasteiger partial charge in [0.15, 0.2) is 0 Å². The molecule has 1 fully saturated rings. The molecule has 1 saturated heterocycles. The number of nitrogens with zero attached hydrogens (tertiary/aromatic N) is 2. The van der Waals surface area contributed by atoms with Gasteiger partial charge in [-0.3, -0.25) is 9.00 Å². The summed E-state index contributed by atoms with van der Waals surface area (Å²) < 4.78 is 63.6. The van der Waals surface area contributed by atoms with Crippen LogP contribution in [0.15, 0.2) is 17.0 Å². The Morgan fingerprint density at radius 3 is 2.29 bits per heavy atom. The first kappa shape index (κ1) is 18.7. The summed E-state index contributed by atoms with van der Waals surface area (Å²) in [5.74, 6) is -2.11. The SMILES string of the molecule is CC(=O)N1CCN(c2cc(S(=O)CC(F)(F)F)c(C)cc2F)CC1. The van der Waals surface area contributed by atoms with E-state index in [1.54, 1.807) is 9.80 Å². The van der Waals surface area contributed by atoms with E-state index in [4.69, 9.17) is 0 Å². The summed E-state index contributed by atoms with van der Waals surface area (Å²) in [5, 5.41) is 0. The lowest BCUT2D eigenvalue weighted by atomic mass is 10.2. The Bertz CT molecular complexity index is 656. The number of anilines is 1. The fourth-order valence-electron chi connectivity index (χ4n) is 2.62. The van der Waals surface area contributed by atoms with Crippen LogP contribution in [0.4, 0.5) is 23.2 Å². The second-order valence-electron chi connectivity index (χ2n) is 5.67. The molecule has 0 N–H and O–H groups in total. The molecule has 1 heterocycles. The van der Waals surface area contributed by atoms with Gasteiger partial charge in [0.05, 0.1) is 16.5 Å². The number of halogens is 4. The van der Waals surface area contributed by atoms with Crippen molar-refractivity contribution in [2.45, 2.75) is 24.9 Å². The van der Waals surface area contributed by atoms with E-state index in [-0.39, 0.29) is 22.1 Å². The van der Waals surface area contributed by atoms with E-state index in [0.717, 1.165) is 6.07 Å². The zero-order valence-electron chi connectivity index (χ0n) is 13.3. The van der Waals surface area contributed by atoms with Crippen LogP contribution in [0.2, 0.25) is 0 Å². The molecular weight excluding hydrogens is 348 g/mol. The Labute approximate surface area is 139 Å². The van der Waals surface area contributed by atoms with Gasteiger partial charge in [-0.2, -0.15) is 13.2 Å². The monoisotopic (exact) mass is 366 g/mol. The number of hydrogen-bond acceptors (Lipinski definition) is 3. The minimum absolute atomic E-state index is 0.0160. The maximum Gasteiger partial charge on any atom is 0.400 e. The van der Waals surface area contributed by atoms with Crippen LogP contribution in [0.1, 0.15) is 12.5 Å². The number of hydrogen-bond donors (Lipinski definition) is 0. The maximum atomic E-state index is 14.2. The topological polar surface area (TPSA) is 40.6 Å². The zero-order valence-corrected chi connectivity index (χ0v) is 14.1. The van der Waals surface area contributed by atoms with Gasteiger partial charge < -0.3 is 9.80 Å². The van der Waals surface area contributed by atoms with Gasteiger partial charge in [0.25, 0.3) is 0 Å². The first-order valence-corrected chi connectivity index (χ1v) is 8.66. The normalized spacial score (nSPS) is 17.1. The summed E-state index contributed by atoms with van der Waals surface area (Å²) in [7, 11) is -2.28. The summed E-state index contributed by atoms with van der Waals surface area (Å²) in [4.78, 5) is 14.6. The van der Waals surface area contributed by atoms with Crippen molar-refractivity contribution in [1.82, 2.24) is 4.90 Å². The quantitative estimate of drug-likeness (QED) is 0.772. The minimum atomic E-state index is -4.56. The average Bonchev–Trinajstić information content (AvgIpc) is 2.45. The maximum absolute atomic E-state index is 14.2. The molecule has 1 amide bonds. The van der Waals surface area contributed by atoms with Crippen molar-refractivity contribution in [1.29, 1.82) is 0 Å². The van der Waals surface area contributed by atoms with Gasteiger partial charge in [-0.05, 0) is 24.6 Å². The van der Waals surface area contributed by atoms with Gasteiger partial charge in [0.1, 0.15) is 11.6 Å². The number of benzene rings is 1. The molecule has 1 aliphatic rings. The highest BCUT2D eigenvalue weighted by Crippen LogP contribution is 2.29. The van der Waals surface area contributed by atoms with E-state index in [0.29, 0.717) is 26.2 Å². The van der Waals surface area contributed by atoms with Crippen LogP contribution in [0.3, 0.4) is 0 Å². The molecule has 0 radical (unpaired) electrons. The molecule has 24 heavy (non-hydrogen) atoms. The number of piperazine rings is 1. The molecule has 1 aromatic carbocycles. The number of rotatable bonds is 3. The molecule has 0 aliphatic carbocycles. The molecule has 1 aromatic rings. The summed E-state index contributed by atoms with van der Waals surface area (Å²) in [5.41, 5.74) is 0.343. The number of carbonyl (C=O) groups excluding carboxylic acids is 1. The van der Waals surface area contributed by atoms with Crippen LogP contribution in [-0.4, -0.2) is 53.1 Å². The molecule has 134 valence electrons. The van der Waals surface area contributed by atoms with Gasteiger partial charge in [0.2, 0.25) is 5.91 Å². The molecule has 1 atom stereocenters. The number of carbonyl (C=O) groups is 1. The molecule has 1 unspecified atom stereocenters. The van der Waals surface area contributed by atoms with Crippen LogP contribution in [0, 0.1) is 12.7 Å². The lowest BCUT2D eigenvalue weighted by molar-refractivity contribution is -0.129. The van der Waals surface area contributed by atoms with Crippen molar-refractivity contribution < 1.29 is 26.6 Å². The number of amides is 1. The van der Waals surface area contributed by atoms with Gasteiger partial charge in [-0.25, -0.2) is 4.39 Å². The van der Waals surface area contributed by atoms with Crippen molar-refractivity contribution >= 4 is 22.4 Å². The highest BCUT2D eigenvalue weighted by molar-refractivity contribution is 7.85. The molecule has 0 spiro atoms. The minimum Gasteiger partial charge on any atom is -0.366 e. The van der Waals surface area contributed by atoms with Crippen LogP contribution >= 0.6 is 0 Å². The van der Waals surface area contributed by atoms with Crippen LogP contribution in [-0.2, 0) is 15.6 Å². The fraction of sp³-hybridized carbons (Fsp3) is 0.533. The Morgan fingerprint density at radius 2 is 1.79 bits per heavy atom. The lowest BCUT2D eigenvalue weighted by Gasteiger charge is -2.36. The summed E-state index contributed by atoms with van der Waals surface area (Å²) in [6.45, 7) is 4.42. The van der Waals surface area contributed by atoms with Gasteiger partial charge in [0, 0.05) is 38.0 Å². The van der Waals surface area contributed by atoms with Crippen LogP contribution in [0.5, 0.6) is 0 Å². The zero-order chi connectivity index (χ0) is 18.1. The molecule has 0 aromatic heterocycles. The van der Waals surface area contributed by atoms with E-state index >= 15 is 0 Å². The van der Waals surface area contributed by atoms with Crippen molar-refractivity contribution in [3.63, 3.8) is 0 Å². The van der Waals surface area contributed by atoms with Gasteiger partial charge >= 0.3 is 6.18 Å². The first-order chi connectivity index (χ1) is 11.1. The number of alkyl halides is 3. The first-order valence-electron chi connectivity index (χ1n) is 7.34. The fourth-order valence-corrected chi connectivity index (χ4v) is 3.73. The van der Waals surface area contributed by atoms with Crippen LogP contribution in [0.25, 0.3) is 0 Å². The Hall–Kier alpha value is -1.64. The molecule has 0 bridgehead atoms. The van der Waals surface area contributed by atoms with Crippen molar-refractivity contribution in [2.75, 3.05) is 36.8 Å². The highest BCUT2D eigenvalue weighted by atomic mass is 32.2. The third-order valence-electron chi connectivity index (χ3n) is 3.85. The Balaban J connectivity index is 2.24. The van der Waals surface area contributed by atoms with Crippen LogP contribution < -0.4 is 4.90 Å². The third kappa shape index (κ3) is 4.46. The molecular formula is C15H18F4N2O2S. The van der Waals surface area contributed by atoms with E-state index in [2.05, 4.69) is 0 Å². The number of aryl methyl sites for hydroxylation is 1. The van der Waals surface area contributed by atoms with Crippen molar-refractivity contribution in [3.8, 4) is 0 Å². The average molecular weight is 366 g/mol. The Morgan fingerprint density at radius 1 is 1.21 bits per heavy atom. The summed E-state index contributed by atoms with van der Waals surface area (Å²) in [6, 6.07) is 2.34. The lowest BCUT2D eigenvalue weighted by Crippen LogP contribution is -2.48. The second-order valence-corrected chi connectivity index (χ2v) is 7.09. The third-order valence-corrected chi connectivity index (χ3v) is 5.37. The Kier molecular flexibility index (Phi) is 5.52. The molecule has 4 nitrogen and oxygen atoms in total.